The molecule has 0 spiro atoms. The molecule has 6 nitrogen and oxygen atoms in total. The maximum absolute atomic E-state index is 11.7. The summed E-state index contributed by atoms with van der Waals surface area (Å²) >= 11 is 0. The van der Waals surface area contributed by atoms with Crippen LogP contribution in [-0.4, -0.2) is 28.7 Å². The Bertz CT molecular complexity index is 676. The molecule has 0 atom stereocenters. The first-order chi connectivity index (χ1) is 9.67. The van der Waals surface area contributed by atoms with Gasteiger partial charge in [-0.15, -0.1) is 0 Å². The van der Waals surface area contributed by atoms with E-state index in [4.69, 9.17) is 10.5 Å². The average molecular weight is 274 g/mol. The topological polar surface area (TPSA) is 93.0 Å². The highest BCUT2D eigenvalue weighted by molar-refractivity contribution is 5.88. The summed E-state index contributed by atoms with van der Waals surface area (Å²) in [6.45, 7) is 2.76. The predicted molar refractivity (Wildman–Crippen MR) is 78.8 cm³/mol. The zero-order valence-electron chi connectivity index (χ0n) is 11.3. The summed E-state index contributed by atoms with van der Waals surface area (Å²) in [7, 11) is 0. The van der Waals surface area contributed by atoms with E-state index in [0.717, 1.165) is 25.1 Å². The monoisotopic (exact) mass is 274 g/mol. The van der Waals surface area contributed by atoms with Crippen LogP contribution in [0.5, 0.6) is 0 Å². The van der Waals surface area contributed by atoms with E-state index in [9.17, 15) is 4.79 Å². The molecule has 0 unspecified atom stereocenters. The molecule has 0 aliphatic heterocycles. The molecule has 1 saturated carbocycles. The molecule has 6 heteroatoms. The number of nitrogens with zero attached hydrogens (tertiary/aromatic N) is 1. The summed E-state index contributed by atoms with van der Waals surface area (Å²) in [5.41, 5.74) is 7.87. The Balaban J connectivity index is 1.79. The van der Waals surface area contributed by atoms with Gasteiger partial charge in [-0.1, -0.05) is 0 Å². The summed E-state index contributed by atoms with van der Waals surface area (Å²) in [6, 6.07) is 3.86. The fourth-order valence-corrected chi connectivity index (χ4v) is 2.53. The minimum Gasteiger partial charge on any atom is -0.397 e. The lowest BCUT2D eigenvalue weighted by atomic mass is 9.89. The second kappa shape index (κ2) is 5.13. The number of benzene rings is 1. The molecule has 20 heavy (non-hydrogen) atoms. The summed E-state index contributed by atoms with van der Waals surface area (Å²) < 4.78 is 5.53. The second-order valence-corrected chi connectivity index (χ2v) is 5.08. The van der Waals surface area contributed by atoms with Gasteiger partial charge in [-0.3, -0.25) is 4.79 Å². The standard InChI is InChI=1S/C14H18N4O2/c1-2-20-9-3-8(4-9)18-13-6-12-10(5-11(13)15)14(19)17-7-16-12/h5-9,18H,2-4,15H2,1H3,(H,16,17,19). The van der Waals surface area contributed by atoms with Crippen LogP contribution in [0, 0.1) is 0 Å². The van der Waals surface area contributed by atoms with E-state index in [1.165, 1.54) is 6.33 Å². The molecule has 1 heterocycles. The van der Waals surface area contributed by atoms with Crippen molar-refractivity contribution in [3.63, 3.8) is 0 Å². The number of hydrogen-bond donors (Lipinski definition) is 3. The van der Waals surface area contributed by atoms with E-state index in [-0.39, 0.29) is 5.56 Å². The average Bonchev–Trinajstić information content (AvgIpc) is 2.38. The van der Waals surface area contributed by atoms with E-state index < -0.39 is 0 Å². The van der Waals surface area contributed by atoms with Gasteiger partial charge in [0.1, 0.15) is 0 Å². The maximum atomic E-state index is 11.7. The lowest BCUT2D eigenvalue weighted by Gasteiger charge is -2.36. The molecule has 1 aromatic heterocycles. The van der Waals surface area contributed by atoms with Crippen LogP contribution in [0.1, 0.15) is 19.8 Å². The fourth-order valence-electron chi connectivity index (χ4n) is 2.53. The minimum atomic E-state index is -0.173. The van der Waals surface area contributed by atoms with Crippen molar-refractivity contribution in [2.75, 3.05) is 17.7 Å². The third kappa shape index (κ3) is 2.34. The lowest BCUT2D eigenvalue weighted by Crippen LogP contribution is -2.40. The Labute approximate surface area is 116 Å². The van der Waals surface area contributed by atoms with Crippen molar-refractivity contribution < 1.29 is 4.74 Å². The molecular formula is C14H18N4O2. The third-order valence-corrected chi connectivity index (χ3v) is 3.67. The van der Waals surface area contributed by atoms with Crippen molar-refractivity contribution in [1.82, 2.24) is 9.97 Å². The van der Waals surface area contributed by atoms with Crippen LogP contribution in [0.25, 0.3) is 10.9 Å². The summed E-state index contributed by atoms with van der Waals surface area (Å²) in [5.74, 6) is 0. The Kier molecular flexibility index (Phi) is 3.31. The molecule has 0 amide bonds. The van der Waals surface area contributed by atoms with Crippen molar-refractivity contribution >= 4 is 22.3 Å². The van der Waals surface area contributed by atoms with Gasteiger partial charge in [0, 0.05) is 12.6 Å². The maximum Gasteiger partial charge on any atom is 0.258 e. The Morgan fingerprint density at radius 2 is 2.30 bits per heavy atom. The Morgan fingerprint density at radius 3 is 3.05 bits per heavy atom. The van der Waals surface area contributed by atoms with Gasteiger partial charge in [0.15, 0.2) is 0 Å². The van der Waals surface area contributed by atoms with Gasteiger partial charge in [-0.05, 0) is 31.9 Å². The zero-order chi connectivity index (χ0) is 14.1. The SMILES string of the molecule is CCOC1CC(Nc2cc3nc[nH]c(=O)c3cc2N)C1. The minimum absolute atomic E-state index is 0.173. The highest BCUT2D eigenvalue weighted by Crippen LogP contribution is 2.30. The largest absolute Gasteiger partial charge is 0.397 e. The number of nitrogens with one attached hydrogen (secondary N) is 2. The van der Waals surface area contributed by atoms with Crippen LogP contribution < -0.4 is 16.6 Å². The highest BCUT2D eigenvalue weighted by Gasteiger charge is 2.29. The second-order valence-electron chi connectivity index (χ2n) is 5.08. The zero-order valence-corrected chi connectivity index (χ0v) is 11.3. The predicted octanol–water partition coefficient (Wildman–Crippen LogP) is 1.48. The molecule has 1 aliphatic rings. The van der Waals surface area contributed by atoms with Gasteiger partial charge in [0.25, 0.3) is 5.56 Å². The molecule has 1 aromatic carbocycles. The van der Waals surface area contributed by atoms with Crippen molar-refractivity contribution in [1.29, 1.82) is 0 Å². The normalized spacial score (nSPS) is 21.6. The number of H-pyrrole nitrogens is 1. The van der Waals surface area contributed by atoms with E-state index in [1.54, 1.807) is 6.07 Å². The smallest absolute Gasteiger partial charge is 0.258 e. The van der Waals surface area contributed by atoms with Crippen LogP contribution in [0.4, 0.5) is 11.4 Å². The van der Waals surface area contributed by atoms with Crippen molar-refractivity contribution in [2.24, 2.45) is 0 Å². The fraction of sp³-hybridized carbons (Fsp3) is 0.429. The van der Waals surface area contributed by atoms with Gasteiger partial charge in [0.2, 0.25) is 0 Å². The lowest BCUT2D eigenvalue weighted by molar-refractivity contribution is 0.00301. The van der Waals surface area contributed by atoms with Gasteiger partial charge < -0.3 is 20.8 Å². The van der Waals surface area contributed by atoms with Gasteiger partial charge in [-0.2, -0.15) is 0 Å². The van der Waals surface area contributed by atoms with E-state index in [0.29, 0.717) is 28.7 Å². The molecule has 0 radical (unpaired) electrons. The molecular weight excluding hydrogens is 256 g/mol. The quantitative estimate of drug-likeness (QED) is 0.734. The summed E-state index contributed by atoms with van der Waals surface area (Å²) in [6.07, 6.45) is 3.71. The van der Waals surface area contributed by atoms with E-state index in [2.05, 4.69) is 15.3 Å². The third-order valence-electron chi connectivity index (χ3n) is 3.67. The Morgan fingerprint density at radius 1 is 1.50 bits per heavy atom. The van der Waals surface area contributed by atoms with Crippen molar-refractivity contribution in [3.05, 3.63) is 28.8 Å². The van der Waals surface area contributed by atoms with Crippen LogP contribution in [0.2, 0.25) is 0 Å². The van der Waals surface area contributed by atoms with Crippen LogP contribution in [0.3, 0.4) is 0 Å². The number of rotatable bonds is 4. The van der Waals surface area contributed by atoms with Crippen LogP contribution in [-0.2, 0) is 4.74 Å². The number of nitrogens with two attached hydrogens (primary N) is 1. The van der Waals surface area contributed by atoms with E-state index in [1.807, 2.05) is 13.0 Å². The Hall–Kier alpha value is -2.08. The van der Waals surface area contributed by atoms with Crippen molar-refractivity contribution in [2.45, 2.75) is 31.9 Å². The molecule has 0 bridgehead atoms. The van der Waals surface area contributed by atoms with Crippen LogP contribution in [0.15, 0.2) is 23.3 Å². The van der Waals surface area contributed by atoms with Crippen LogP contribution >= 0.6 is 0 Å². The molecule has 3 rings (SSSR count). The van der Waals surface area contributed by atoms with E-state index >= 15 is 0 Å². The van der Waals surface area contributed by atoms with Gasteiger partial charge in [-0.25, -0.2) is 4.98 Å². The van der Waals surface area contributed by atoms with Gasteiger partial charge >= 0.3 is 0 Å². The molecule has 106 valence electrons. The summed E-state index contributed by atoms with van der Waals surface area (Å²) in [4.78, 5) is 18.4. The molecule has 0 saturated heterocycles. The molecule has 1 fully saturated rings. The number of nitrogen functional groups attached to an aromatic ring is 1. The first-order valence-electron chi connectivity index (χ1n) is 6.82. The molecule has 4 N–H and O–H groups in total. The number of ether oxygens (including phenoxy) is 1. The number of anilines is 2. The number of aromatic amines is 1. The molecule has 2 aromatic rings. The highest BCUT2D eigenvalue weighted by atomic mass is 16.5. The molecule has 1 aliphatic carbocycles. The first-order valence-corrected chi connectivity index (χ1v) is 6.82. The number of aromatic nitrogens is 2. The van der Waals surface area contributed by atoms with Crippen molar-refractivity contribution in [3.8, 4) is 0 Å². The number of fused-ring (bicyclic) bond motifs is 1. The number of hydrogen-bond acceptors (Lipinski definition) is 5. The first kappa shape index (κ1) is 12.9. The van der Waals surface area contributed by atoms with Gasteiger partial charge in [0.05, 0.1) is 34.7 Å². The summed E-state index contributed by atoms with van der Waals surface area (Å²) in [5, 5.41) is 3.90.